The van der Waals surface area contributed by atoms with E-state index in [1.54, 1.807) is 0 Å². The van der Waals surface area contributed by atoms with Crippen LogP contribution in [0.5, 0.6) is 0 Å². The zero-order valence-electron chi connectivity index (χ0n) is 11.2. The van der Waals surface area contributed by atoms with Crippen molar-refractivity contribution < 1.29 is 24.9 Å². The molecular weight excluding hydrogens is 250 g/mol. The highest BCUT2D eigenvalue weighted by Gasteiger charge is 2.42. The van der Waals surface area contributed by atoms with Crippen LogP contribution in [0.25, 0.3) is 0 Å². The Morgan fingerprint density at radius 2 is 2.00 bits per heavy atom. The third-order valence-electron chi connectivity index (χ3n) is 2.92. The molecule has 6 heteroatoms. The molecule has 0 saturated carbocycles. The second-order valence-corrected chi connectivity index (χ2v) is 4.43. The van der Waals surface area contributed by atoms with Crippen molar-refractivity contribution in [1.82, 2.24) is 0 Å². The molecule has 0 aliphatic heterocycles. The molecule has 0 heterocycles. The molecule has 1 unspecified atom stereocenters. The molecule has 1 aliphatic carbocycles. The maximum atomic E-state index is 10.9. The fourth-order valence-electron chi connectivity index (χ4n) is 1.45. The van der Waals surface area contributed by atoms with Crippen molar-refractivity contribution >= 4 is 11.9 Å². The number of carboxylic acid groups (broad SMARTS) is 2. The molecule has 1 rings (SSSR count). The maximum Gasteiger partial charge on any atom is 0.333 e. The zero-order valence-corrected chi connectivity index (χ0v) is 11.2. The number of carboxylic acids is 2. The molecule has 0 spiro atoms. The molecule has 5 N–H and O–H groups in total. The van der Waals surface area contributed by atoms with Gasteiger partial charge in [0.05, 0.1) is 11.6 Å². The van der Waals surface area contributed by atoms with E-state index in [4.69, 9.17) is 21.1 Å². The summed E-state index contributed by atoms with van der Waals surface area (Å²) in [5.74, 6) is -2.32. The number of carbonyl (C=O) groups is 2. The van der Waals surface area contributed by atoms with E-state index >= 15 is 0 Å². The molecule has 0 bridgehead atoms. The first-order valence-electron chi connectivity index (χ1n) is 6.03. The highest BCUT2D eigenvalue weighted by Crippen LogP contribution is 2.30. The van der Waals surface area contributed by atoms with E-state index in [0.29, 0.717) is 6.61 Å². The van der Waals surface area contributed by atoms with E-state index in [1.807, 2.05) is 0 Å². The van der Waals surface area contributed by atoms with Crippen LogP contribution < -0.4 is 5.73 Å². The van der Waals surface area contributed by atoms with Crippen LogP contribution in [0.3, 0.4) is 0 Å². The van der Waals surface area contributed by atoms with Gasteiger partial charge in [0, 0.05) is 6.61 Å². The van der Waals surface area contributed by atoms with Gasteiger partial charge in [-0.05, 0) is 13.3 Å². The highest BCUT2D eigenvalue weighted by atomic mass is 16.4. The third-order valence-corrected chi connectivity index (χ3v) is 2.92. The van der Waals surface area contributed by atoms with Gasteiger partial charge in [0.25, 0.3) is 0 Å². The summed E-state index contributed by atoms with van der Waals surface area (Å²) in [7, 11) is 0. The van der Waals surface area contributed by atoms with Crippen LogP contribution in [0.2, 0.25) is 0 Å². The largest absolute Gasteiger partial charge is 0.481 e. The fraction of sp³-hybridized carbons (Fsp3) is 0.538. The van der Waals surface area contributed by atoms with E-state index in [2.05, 4.69) is 6.92 Å². The van der Waals surface area contributed by atoms with Crippen molar-refractivity contribution in [2.45, 2.75) is 32.7 Å². The minimum atomic E-state index is -1.34. The first-order chi connectivity index (χ1) is 8.81. The number of aliphatic carboxylic acids is 2. The average molecular weight is 271 g/mol. The Balaban J connectivity index is 0.000000555. The minimum Gasteiger partial charge on any atom is -0.481 e. The van der Waals surface area contributed by atoms with Crippen LogP contribution in [-0.2, 0) is 9.59 Å². The van der Waals surface area contributed by atoms with Gasteiger partial charge in [-0.3, -0.25) is 4.79 Å². The monoisotopic (exact) mass is 271 g/mol. The zero-order chi connectivity index (χ0) is 15.1. The SMILES string of the molecule is CC1(C(=O)O)C=CC=C(C(=O)O)[C@H]1N.CCCCO. The van der Waals surface area contributed by atoms with Crippen molar-refractivity contribution in [1.29, 1.82) is 0 Å². The van der Waals surface area contributed by atoms with Crippen LogP contribution in [0.1, 0.15) is 26.7 Å². The van der Waals surface area contributed by atoms with Crippen LogP contribution in [-0.4, -0.2) is 39.9 Å². The van der Waals surface area contributed by atoms with Gasteiger partial charge in [0.1, 0.15) is 5.41 Å². The number of aliphatic hydroxyl groups is 1. The van der Waals surface area contributed by atoms with E-state index in [-0.39, 0.29) is 5.57 Å². The number of unbranched alkanes of at least 4 members (excludes halogenated alkanes) is 1. The van der Waals surface area contributed by atoms with Crippen molar-refractivity contribution in [3.63, 3.8) is 0 Å². The molecule has 2 atom stereocenters. The molecule has 19 heavy (non-hydrogen) atoms. The molecule has 0 saturated heterocycles. The lowest BCUT2D eigenvalue weighted by Gasteiger charge is -2.30. The number of hydrogen-bond acceptors (Lipinski definition) is 4. The van der Waals surface area contributed by atoms with Crippen molar-refractivity contribution in [2.24, 2.45) is 11.1 Å². The number of hydrogen-bond donors (Lipinski definition) is 4. The van der Waals surface area contributed by atoms with Gasteiger partial charge in [-0.2, -0.15) is 0 Å². The van der Waals surface area contributed by atoms with Crippen molar-refractivity contribution in [2.75, 3.05) is 6.61 Å². The number of aliphatic hydroxyl groups excluding tert-OH is 1. The summed E-state index contributed by atoms with van der Waals surface area (Å²) < 4.78 is 0. The van der Waals surface area contributed by atoms with Crippen LogP contribution in [0.15, 0.2) is 23.8 Å². The van der Waals surface area contributed by atoms with E-state index in [0.717, 1.165) is 12.8 Å². The summed E-state index contributed by atoms with van der Waals surface area (Å²) >= 11 is 0. The Hall–Kier alpha value is -1.66. The molecule has 0 radical (unpaired) electrons. The molecule has 108 valence electrons. The van der Waals surface area contributed by atoms with Crippen molar-refractivity contribution in [3.05, 3.63) is 23.8 Å². The molecule has 1 aliphatic rings. The minimum absolute atomic E-state index is 0.0857. The van der Waals surface area contributed by atoms with Gasteiger partial charge in [-0.1, -0.05) is 31.6 Å². The smallest absolute Gasteiger partial charge is 0.333 e. The van der Waals surface area contributed by atoms with E-state index < -0.39 is 23.4 Å². The predicted octanol–water partition coefficient (Wildman–Crippen LogP) is 0.764. The summed E-state index contributed by atoms with van der Waals surface area (Å²) in [6, 6.07) is -1.03. The second-order valence-electron chi connectivity index (χ2n) is 4.43. The molecule has 6 nitrogen and oxygen atoms in total. The van der Waals surface area contributed by atoms with Gasteiger partial charge >= 0.3 is 11.9 Å². The quantitative estimate of drug-likeness (QED) is 0.599. The Morgan fingerprint density at radius 1 is 1.42 bits per heavy atom. The predicted molar refractivity (Wildman–Crippen MR) is 70.6 cm³/mol. The highest BCUT2D eigenvalue weighted by molar-refractivity contribution is 5.92. The summed E-state index contributed by atoms with van der Waals surface area (Å²) in [6.07, 6.45) is 6.15. The molecule has 0 aromatic rings. The Labute approximate surface area is 112 Å². The number of nitrogens with two attached hydrogens (primary N) is 1. The number of rotatable bonds is 4. The molecule has 0 aromatic heterocycles. The molecule has 0 amide bonds. The summed E-state index contributed by atoms with van der Waals surface area (Å²) in [6.45, 7) is 3.79. The van der Waals surface area contributed by atoms with Crippen LogP contribution in [0.4, 0.5) is 0 Å². The fourth-order valence-corrected chi connectivity index (χ4v) is 1.45. The molecule has 0 fully saturated rings. The van der Waals surface area contributed by atoms with Crippen LogP contribution in [0, 0.1) is 5.41 Å². The Morgan fingerprint density at radius 3 is 2.32 bits per heavy atom. The summed E-state index contributed by atoms with van der Waals surface area (Å²) in [4.78, 5) is 21.6. The summed E-state index contributed by atoms with van der Waals surface area (Å²) in [5.41, 5.74) is 4.15. The third kappa shape index (κ3) is 4.50. The van der Waals surface area contributed by atoms with Gasteiger partial charge in [-0.15, -0.1) is 0 Å². The normalized spacial score (nSPS) is 25.1. The van der Waals surface area contributed by atoms with Gasteiger partial charge in [0.2, 0.25) is 0 Å². The molecular formula is C13H21NO5. The van der Waals surface area contributed by atoms with Crippen molar-refractivity contribution in [3.8, 4) is 0 Å². The first-order valence-corrected chi connectivity index (χ1v) is 6.03. The standard InChI is InChI=1S/C9H11NO4.C4H10O/c1-9(8(13)14)4-2-3-5(6(9)10)7(11)12;1-2-3-4-5/h2-4,6H,10H2,1H3,(H,11,12)(H,13,14);5H,2-4H2,1H3/t6-,9?;/m1./s1. The Kier molecular flexibility index (Phi) is 7.03. The van der Waals surface area contributed by atoms with Gasteiger partial charge < -0.3 is 21.1 Å². The molecule has 0 aromatic carbocycles. The van der Waals surface area contributed by atoms with E-state index in [1.165, 1.54) is 25.2 Å². The topological polar surface area (TPSA) is 121 Å². The average Bonchev–Trinajstić information content (AvgIpc) is 2.34. The van der Waals surface area contributed by atoms with Crippen LogP contribution >= 0.6 is 0 Å². The lowest BCUT2D eigenvalue weighted by Crippen LogP contribution is -2.48. The van der Waals surface area contributed by atoms with Gasteiger partial charge in [-0.25, -0.2) is 4.79 Å². The number of allylic oxidation sites excluding steroid dienone is 2. The summed E-state index contributed by atoms with van der Waals surface area (Å²) in [5, 5.41) is 25.7. The van der Waals surface area contributed by atoms with Gasteiger partial charge in [0.15, 0.2) is 0 Å². The second kappa shape index (κ2) is 7.70. The lowest BCUT2D eigenvalue weighted by atomic mass is 9.76. The first kappa shape index (κ1) is 17.3. The Bertz CT molecular complexity index is 386. The van der Waals surface area contributed by atoms with E-state index in [9.17, 15) is 9.59 Å². The lowest BCUT2D eigenvalue weighted by molar-refractivity contribution is -0.146. The maximum absolute atomic E-state index is 10.9.